The summed E-state index contributed by atoms with van der Waals surface area (Å²) in [6.07, 6.45) is -2.20. The van der Waals surface area contributed by atoms with E-state index in [1.807, 2.05) is 32.0 Å². The van der Waals surface area contributed by atoms with Crippen molar-refractivity contribution in [3.05, 3.63) is 34.9 Å². The minimum Gasteiger partial charge on any atom is -0.323 e. The molecule has 14 heavy (non-hydrogen) atoms. The number of aryl methyl sites for hydroxylation is 2. The van der Waals surface area contributed by atoms with Gasteiger partial charge in [0, 0.05) is 0 Å². The Morgan fingerprint density at radius 2 is 1.71 bits per heavy atom. The molecule has 3 heteroatoms. The van der Waals surface area contributed by atoms with E-state index in [0.717, 1.165) is 16.7 Å². The minimum absolute atomic E-state index is 0.246. The lowest BCUT2D eigenvalue weighted by Gasteiger charge is -2.14. The third kappa shape index (κ3) is 2.51. The maximum atomic E-state index is 12.3. The summed E-state index contributed by atoms with van der Waals surface area (Å²) in [6, 6.07) is 4.69. The molecule has 0 spiro atoms. The average molecular weight is 199 g/mol. The zero-order chi connectivity index (χ0) is 10.7. The Morgan fingerprint density at radius 3 is 2.14 bits per heavy atom. The molecule has 1 aromatic carbocycles. The van der Waals surface area contributed by atoms with Crippen LogP contribution in [0.4, 0.5) is 8.78 Å². The van der Waals surface area contributed by atoms with E-state index >= 15 is 0 Å². The Balaban J connectivity index is 2.85. The summed E-state index contributed by atoms with van der Waals surface area (Å²) in [5, 5.41) is 0. The Morgan fingerprint density at radius 1 is 1.21 bits per heavy atom. The van der Waals surface area contributed by atoms with Gasteiger partial charge in [-0.25, -0.2) is 8.78 Å². The number of hydrogen-bond acceptors (Lipinski definition) is 1. The maximum Gasteiger partial charge on any atom is 0.253 e. The van der Waals surface area contributed by atoms with Crippen molar-refractivity contribution in [2.75, 3.05) is 0 Å². The van der Waals surface area contributed by atoms with Crippen LogP contribution in [0.3, 0.4) is 0 Å². The van der Waals surface area contributed by atoms with Crippen molar-refractivity contribution >= 4 is 0 Å². The van der Waals surface area contributed by atoms with Crippen LogP contribution in [-0.2, 0) is 6.42 Å². The van der Waals surface area contributed by atoms with E-state index in [0.29, 0.717) is 0 Å². The van der Waals surface area contributed by atoms with E-state index < -0.39 is 12.5 Å². The third-order valence-electron chi connectivity index (χ3n) is 2.41. The van der Waals surface area contributed by atoms with Crippen molar-refractivity contribution in [1.29, 1.82) is 0 Å². The molecule has 0 aromatic heterocycles. The molecule has 1 aromatic rings. The summed E-state index contributed by atoms with van der Waals surface area (Å²) < 4.78 is 24.5. The molecule has 0 radical (unpaired) electrons. The molecule has 0 aliphatic rings. The number of alkyl halides is 2. The van der Waals surface area contributed by atoms with Crippen LogP contribution in [0.15, 0.2) is 18.2 Å². The van der Waals surface area contributed by atoms with Gasteiger partial charge in [-0.2, -0.15) is 0 Å². The second-order valence-electron chi connectivity index (χ2n) is 3.57. The topological polar surface area (TPSA) is 26.0 Å². The molecule has 0 fully saturated rings. The SMILES string of the molecule is Cc1cccc(C)c1CC(N)C(F)F. The summed E-state index contributed by atoms with van der Waals surface area (Å²) in [7, 11) is 0. The molecule has 0 saturated carbocycles. The first-order valence-electron chi connectivity index (χ1n) is 4.61. The predicted molar refractivity (Wildman–Crippen MR) is 53.6 cm³/mol. The molecule has 0 amide bonds. The van der Waals surface area contributed by atoms with Crippen LogP contribution in [0.5, 0.6) is 0 Å². The highest BCUT2D eigenvalue weighted by molar-refractivity contribution is 5.34. The highest BCUT2D eigenvalue weighted by Crippen LogP contribution is 2.16. The number of nitrogens with two attached hydrogens (primary N) is 1. The quantitative estimate of drug-likeness (QED) is 0.795. The maximum absolute atomic E-state index is 12.3. The first kappa shape index (κ1) is 11.1. The highest BCUT2D eigenvalue weighted by atomic mass is 19.3. The smallest absolute Gasteiger partial charge is 0.253 e. The second kappa shape index (κ2) is 4.51. The average Bonchev–Trinajstić information content (AvgIpc) is 2.11. The molecular weight excluding hydrogens is 184 g/mol. The van der Waals surface area contributed by atoms with Crippen LogP contribution in [0.2, 0.25) is 0 Å². The van der Waals surface area contributed by atoms with Crippen molar-refractivity contribution < 1.29 is 8.78 Å². The largest absolute Gasteiger partial charge is 0.323 e. The van der Waals surface area contributed by atoms with Gasteiger partial charge in [0.05, 0.1) is 6.04 Å². The van der Waals surface area contributed by atoms with Crippen LogP contribution >= 0.6 is 0 Å². The standard InChI is InChI=1S/C11H15F2N/c1-7-4-3-5-8(2)9(7)6-10(14)11(12)13/h3-5,10-11H,6,14H2,1-2H3. The first-order valence-corrected chi connectivity index (χ1v) is 4.61. The van der Waals surface area contributed by atoms with Crippen LogP contribution in [0.1, 0.15) is 16.7 Å². The molecule has 0 aliphatic heterocycles. The summed E-state index contributed by atoms with van der Waals surface area (Å²) in [4.78, 5) is 0. The third-order valence-corrected chi connectivity index (χ3v) is 2.41. The fourth-order valence-corrected chi connectivity index (χ4v) is 1.50. The van der Waals surface area contributed by atoms with Crippen molar-refractivity contribution in [3.63, 3.8) is 0 Å². The summed E-state index contributed by atoms with van der Waals surface area (Å²) in [5.74, 6) is 0. The molecule has 0 saturated heterocycles. The summed E-state index contributed by atoms with van der Waals surface area (Å²) in [5.41, 5.74) is 8.34. The Hall–Kier alpha value is -0.960. The summed E-state index contributed by atoms with van der Waals surface area (Å²) >= 11 is 0. The minimum atomic E-state index is -2.45. The fraction of sp³-hybridized carbons (Fsp3) is 0.455. The van der Waals surface area contributed by atoms with Gasteiger partial charge in [0.1, 0.15) is 0 Å². The van der Waals surface area contributed by atoms with E-state index in [4.69, 9.17) is 5.73 Å². The van der Waals surface area contributed by atoms with Crippen molar-refractivity contribution in [2.45, 2.75) is 32.7 Å². The number of benzene rings is 1. The normalized spacial score (nSPS) is 13.3. The van der Waals surface area contributed by atoms with Gasteiger partial charge in [-0.15, -0.1) is 0 Å². The van der Waals surface area contributed by atoms with Gasteiger partial charge in [0.2, 0.25) is 0 Å². The van der Waals surface area contributed by atoms with E-state index in [1.165, 1.54) is 0 Å². The molecule has 1 rings (SSSR count). The zero-order valence-electron chi connectivity index (χ0n) is 8.43. The Bertz CT molecular complexity index is 290. The molecule has 1 unspecified atom stereocenters. The van der Waals surface area contributed by atoms with Crippen LogP contribution in [0.25, 0.3) is 0 Å². The van der Waals surface area contributed by atoms with E-state index in [-0.39, 0.29) is 6.42 Å². The molecular formula is C11H15F2N. The predicted octanol–water partition coefficient (Wildman–Crippen LogP) is 2.44. The summed E-state index contributed by atoms with van der Waals surface area (Å²) in [6.45, 7) is 3.83. The van der Waals surface area contributed by atoms with Gasteiger partial charge in [0.15, 0.2) is 0 Å². The second-order valence-corrected chi connectivity index (χ2v) is 3.57. The first-order chi connectivity index (χ1) is 6.52. The van der Waals surface area contributed by atoms with Crippen LogP contribution < -0.4 is 5.73 Å². The molecule has 1 atom stereocenters. The lowest BCUT2D eigenvalue weighted by molar-refractivity contribution is 0.116. The fourth-order valence-electron chi connectivity index (χ4n) is 1.50. The van der Waals surface area contributed by atoms with Gasteiger partial charge in [-0.3, -0.25) is 0 Å². The van der Waals surface area contributed by atoms with E-state index in [1.54, 1.807) is 0 Å². The van der Waals surface area contributed by atoms with E-state index in [2.05, 4.69) is 0 Å². The monoisotopic (exact) mass is 199 g/mol. The molecule has 2 N–H and O–H groups in total. The van der Waals surface area contributed by atoms with Gasteiger partial charge in [-0.1, -0.05) is 18.2 Å². The van der Waals surface area contributed by atoms with Gasteiger partial charge < -0.3 is 5.73 Å². The van der Waals surface area contributed by atoms with Crippen molar-refractivity contribution in [3.8, 4) is 0 Å². The lowest BCUT2D eigenvalue weighted by atomic mass is 9.97. The number of rotatable bonds is 3. The molecule has 0 heterocycles. The van der Waals surface area contributed by atoms with E-state index in [9.17, 15) is 8.78 Å². The molecule has 0 bridgehead atoms. The van der Waals surface area contributed by atoms with Crippen molar-refractivity contribution in [2.24, 2.45) is 5.73 Å². The molecule has 1 nitrogen and oxygen atoms in total. The molecule has 0 aliphatic carbocycles. The van der Waals surface area contributed by atoms with Gasteiger partial charge >= 0.3 is 0 Å². The number of halogens is 2. The van der Waals surface area contributed by atoms with Gasteiger partial charge in [-0.05, 0) is 37.0 Å². The van der Waals surface area contributed by atoms with Crippen molar-refractivity contribution in [1.82, 2.24) is 0 Å². The van der Waals surface area contributed by atoms with Gasteiger partial charge in [0.25, 0.3) is 6.43 Å². The highest BCUT2D eigenvalue weighted by Gasteiger charge is 2.17. The van der Waals surface area contributed by atoms with Crippen LogP contribution in [-0.4, -0.2) is 12.5 Å². The molecule has 78 valence electrons. The number of hydrogen-bond donors (Lipinski definition) is 1. The Kier molecular flexibility index (Phi) is 3.58. The Labute approximate surface area is 82.9 Å². The van der Waals surface area contributed by atoms with Crippen LogP contribution in [0, 0.1) is 13.8 Å². The lowest BCUT2D eigenvalue weighted by Crippen LogP contribution is -2.31. The zero-order valence-corrected chi connectivity index (χ0v) is 8.43.